The van der Waals surface area contributed by atoms with E-state index in [9.17, 15) is 14.9 Å². The van der Waals surface area contributed by atoms with Gasteiger partial charge in [-0.05, 0) is 13.0 Å². The lowest BCUT2D eigenvalue weighted by atomic mass is 10.1. The van der Waals surface area contributed by atoms with Gasteiger partial charge >= 0.3 is 5.97 Å². The second-order valence-electron chi connectivity index (χ2n) is 3.71. The van der Waals surface area contributed by atoms with Crippen LogP contribution in [0, 0.1) is 10.1 Å². The molecular formula is C13H12ClNO4. The molecule has 100 valence electrons. The zero-order valence-electron chi connectivity index (χ0n) is 10.4. The van der Waals surface area contributed by atoms with Crippen LogP contribution in [-0.2, 0) is 9.53 Å². The number of hydrogen-bond donors (Lipinski definition) is 0. The predicted octanol–water partition coefficient (Wildman–Crippen LogP) is 3.38. The largest absolute Gasteiger partial charge is 0.466 e. The summed E-state index contributed by atoms with van der Waals surface area (Å²) in [5.74, 6) is -0.474. The topological polar surface area (TPSA) is 69.4 Å². The van der Waals surface area contributed by atoms with Crippen LogP contribution in [0.4, 0.5) is 5.69 Å². The average Bonchev–Trinajstić information content (AvgIpc) is 2.38. The third-order valence-corrected chi connectivity index (χ3v) is 2.60. The maximum atomic E-state index is 10.9. The molecular weight excluding hydrogens is 270 g/mol. The van der Waals surface area contributed by atoms with Crippen LogP contribution >= 0.6 is 11.6 Å². The van der Waals surface area contributed by atoms with Crippen LogP contribution in [0.2, 0.25) is 5.02 Å². The Labute approximate surface area is 115 Å². The molecule has 6 heteroatoms. The molecule has 0 amide bonds. The molecule has 0 aliphatic heterocycles. The molecule has 0 radical (unpaired) electrons. The molecule has 0 saturated heterocycles. The van der Waals surface area contributed by atoms with Gasteiger partial charge in [0.2, 0.25) is 0 Å². The Morgan fingerprint density at radius 1 is 1.42 bits per heavy atom. The van der Waals surface area contributed by atoms with Crippen molar-refractivity contribution in [3.8, 4) is 0 Å². The van der Waals surface area contributed by atoms with Gasteiger partial charge in [0, 0.05) is 28.8 Å². The minimum Gasteiger partial charge on any atom is -0.466 e. The first-order chi connectivity index (χ1) is 8.93. The van der Waals surface area contributed by atoms with Gasteiger partial charge in [-0.15, -0.1) is 0 Å². The summed E-state index contributed by atoms with van der Waals surface area (Å²) < 4.78 is 4.46. The summed E-state index contributed by atoms with van der Waals surface area (Å²) in [4.78, 5) is 21.1. The fraction of sp³-hybridized carbons (Fsp3) is 0.154. The number of ether oxygens (including phenoxy) is 1. The lowest BCUT2D eigenvalue weighted by Crippen LogP contribution is -1.93. The van der Waals surface area contributed by atoms with Crippen LogP contribution in [0.5, 0.6) is 0 Å². The van der Waals surface area contributed by atoms with Crippen LogP contribution in [0.15, 0.2) is 35.9 Å². The highest BCUT2D eigenvalue weighted by Gasteiger charge is 2.08. The van der Waals surface area contributed by atoms with E-state index >= 15 is 0 Å². The maximum absolute atomic E-state index is 10.9. The van der Waals surface area contributed by atoms with E-state index in [-0.39, 0.29) is 5.69 Å². The second-order valence-corrected chi connectivity index (χ2v) is 4.11. The second kappa shape index (κ2) is 6.70. The van der Waals surface area contributed by atoms with Crippen LogP contribution in [0.3, 0.4) is 0 Å². The summed E-state index contributed by atoms with van der Waals surface area (Å²) in [7, 11) is 1.28. The number of hydrogen-bond acceptors (Lipinski definition) is 4. The number of rotatable bonds is 4. The zero-order valence-corrected chi connectivity index (χ0v) is 11.2. The van der Waals surface area contributed by atoms with Gasteiger partial charge in [0.1, 0.15) is 0 Å². The van der Waals surface area contributed by atoms with Crippen LogP contribution in [0.1, 0.15) is 12.5 Å². The Balaban J connectivity index is 3.03. The summed E-state index contributed by atoms with van der Waals surface area (Å²) in [6.07, 6.45) is 4.45. The van der Waals surface area contributed by atoms with Crippen molar-refractivity contribution in [1.29, 1.82) is 0 Å². The van der Waals surface area contributed by atoms with Crippen molar-refractivity contribution in [2.45, 2.75) is 6.92 Å². The van der Waals surface area contributed by atoms with Gasteiger partial charge in [-0.25, -0.2) is 4.79 Å². The van der Waals surface area contributed by atoms with E-state index in [4.69, 9.17) is 11.6 Å². The lowest BCUT2D eigenvalue weighted by Gasteiger charge is -2.00. The van der Waals surface area contributed by atoms with E-state index < -0.39 is 10.9 Å². The third kappa shape index (κ3) is 4.56. The number of esters is 1. The number of halogens is 1. The van der Waals surface area contributed by atoms with Crippen molar-refractivity contribution in [2.24, 2.45) is 0 Å². The van der Waals surface area contributed by atoms with Crippen molar-refractivity contribution in [1.82, 2.24) is 0 Å². The van der Waals surface area contributed by atoms with Gasteiger partial charge in [-0.2, -0.15) is 0 Å². The highest BCUT2D eigenvalue weighted by molar-refractivity contribution is 6.32. The minimum atomic E-state index is -0.493. The number of carbonyl (C=O) groups excluding carboxylic acids is 1. The fourth-order valence-electron chi connectivity index (χ4n) is 1.32. The number of nitro groups is 1. The summed E-state index contributed by atoms with van der Waals surface area (Å²) in [6.45, 7) is 1.74. The molecule has 0 aliphatic carbocycles. The van der Waals surface area contributed by atoms with Gasteiger partial charge < -0.3 is 4.74 Å². The monoisotopic (exact) mass is 281 g/mol. The van der Waals surface area contributed by atoms with Gasteiger partial charge in [0.15, 0.2) is 0 Å². The van der Waals surface area contributed by atoms with E-state index in [2.05, 4.69) is 4.74 Å². The molecule has 0 saturated carbocycles. The molecule has 1 aromatic rings. The van der Waals surface area contributed by atoms with Crippen molar-refractivity contribution < 1.29 is 14.5 Å². The Morgan fingerprint density at radius 2 is 2.11 bits per heavy atom. The highest BCUT2D eigenvalue weighted by atomic mass is 35.5. The van der Waals surface area contributed by atoms with Crippen molar-refractivity contribution in [3.05, 3.63) is 56.6 Å². The summed E-state index contributed by atoms with van der Waals surface area (Å²) in [6, 6.07) is 4.17. The quantitative estimate of drug-likeness (QED) is 0.279. The standard InChI is InChI=1S/C13H12ClNO4/c1-9(3-6-13(16)19-2)7-10-8-11(15(17)18)4-5-12(10)14/h3-8H,1-2H3. The molecule has 0 atom stereocenters. The zero-order chi connectivity index (χ0) is 14.4. The number of non-ortho nitro benzene ring substituents is 1. The molecule has 0 aromatic heterocycles. The number of allylic oxidation sites excluding steroid dienone is 2. The third-order valence-electron chi connectivity index (χ3n) is 2.26. The Hall–Kier alpha value is -2.14. The van der Waals surface area contributed by atoms with E-state index in [1.54, 1.807) is 19.1 Å². The number of nitrogens with zero attached hydrogens (tertiary/aromatic N) is 1. The van der Waals surface area contributed by atoms with Gasteiger partial charge in [0.05, 0.1) is 12.0 Å². The fourth-order valence-corrected chi connectivity index (χ4v) is 1.49. The summed E-state index contributed by atoms with van der Waals surface area (Å²) in [5, 5.41) is 11.1. The number of methoxy groups -OCH3 is 1. The van der Waals surface area contributed by atoms with Crippen LogP contribution in [0.25, 0.3) is 6.08 Å². The molecule has 0 aliphatic rings. The summed E-state index contributed by atoms with van der Waals surface area (Å²) >= 11 is 5.95. The van der Waals surface area contributed by atoms with Crippen molar-refractivity contribution in [3.63, 3.8) is 0 Å². The van der Waals surface area contributed by atoms with Gasteiger partial charge in [0.25, 0.3) is 5.69 Å². The molecule has 5 nitrogen and oxygen atoms in total. The van der Waals surface area contributed by atoms with Gasteiger partial charge in [-0.1, -0.05) is 29.3 Å². The summed E-state index contributed by atoms with van der Waals surface area (Å²) in [5.41, 5.74) is 1.19. The van der Waals surface area contributed by atoms with Crippen LogP contribution in [-0.4, -0.2) is 18.0 Å². The highest BCUT2D eigenvalue weighted by Crippen LogP contribution is 2.24. The van der Waals surface area contributed by atoms with Gasteiger partial charge in [-0.3, -0.25) is 10.1 Å². The van der Waals surface area contributed by atoms with E-state index in [0.717, 1.165) is 0 Å². The SMILES string of the molecule is COC(=O)C=CC(C)=Cc1cc([N+](=O)[O-])ccc1Cl. The lowest BCUT2D eigenvalue weighted by molar-refractivity contribution is -0.384. The molecule has 0 unspecified atom stereocenters. The Morgan fingerprint density at radius 3 is 2.68 bits per heavy atom. The minimum absolute atomic E-state index is 0.0413. The van der Waals surface area contributed by atoms with Crippen LogP contribution < -0.4 is 0 Å². The first-order valence-electron chi connectivity index (χ1n) is 5.32. The predicted molar refractivity (Wildman–Crippen MR) is 72.9 cm³/mol. The Bertz CT molecular complexity index is 564. The first-order valence-corrected chi connectivity index (χ1v) is 5.70. The molecule has 0 N–H and O–H groups in total. The van der Waals surface area contributed by atoms with Crippen molar-refractivity contribution in [2.75, 3.05) is 7.11 Å². The maximum Gasteiger partial charge on any atom is 0.330 e. The van der Waals surface area contributed by atoms with E-state index in [1.807, 2.05) is 0 Å². The molecule has 1 rings (SSSR count). The molecule has 0 heterocycles. The molecule has 19 heavy (non-hydrogen) atoms. The number of benzene rings is 1. The molecule has 0 fully saturated rings. The molecule has 0 bridgehead atoms. The number of carbonyl (C=O) groups is 1. The van der Waals surface area contributed by atoms with E-state index in [1.165, 1.54) is 31.4 Å². The normalized spacial score (nSPS) is 11.6. The smallest absolute Gasteiger partial charge is 0.330 e. The Kier molecular flexibility index (Phi) is 5.26. The first kappa shape index (κ1) is 14.9. The molecule has 1 aromatic carbocycles. The van der Waals surface area contributed by atoms with Crippen molar-refractivity contribution >= 4 is 29.3 Å². The van der Waals surface area contributed by atoms with E-state index in [0.29, 0.717) is 16.2 Å². The molecule has 0 spiro atoms. The average molecular weight is 282 g/mol. The number of nitro benzene ring substituents is 1.